The third-order valence-corrected chi connectivity index (χ3v) is 5.95. The van der Waals surface area contributed by atoms with Crippen molar-refractivity contribution in [1.29, 1.82) is 0 Å². The Morgan fingerprint density at radius 1 is 1.21 bits per heavy atom. The molecule has 5 rings (SSSR count). The topological polar surface area (TPSA) is 86.5 Å². The van der Waals surface area contributed by atoms with Gasteiger partial charge in [-0.25, -0.2) is 5.43 Å². The molecule has 0 saturated carbocycles. The molecule has 1 amide bonds. The first kappa shape index (κ1) is 17.4. The van der Waals surface area contributed by atoms with Crippen LogP contribution in [0.2, 0.25) is 0 Å². The van der Waals surface area contributed by atoms with Crippen LogP contribution in [0.4, 0.5) is 0 Å². The van der Waals surface area contributed by atoms with E-state index in [9.17, 15) is 4.79 Å². The predicted molar refractivity (Wildman–Crippen MR) is 106 cm³/mol. The number of hydrogen-bond donors (Lipinski definition) is 2. The summed E-state index contributed by atoms with van der Waals surface area (Å²) >= 11 is 0. The molecule has 1 aliphatic carbocycles. The molecule has 1 saturated heterocycles. The molecule has 3 aliphatic rings. The van der Waals surface area contributed by atoms with Crippen LogP contribution in [0.15, 0.2) is 21.3 Å². The molecule has 7 nitrogen and oxygen atoms in total. The number of carbonyl (C=O) groups excluding carboxylic acids is 1. The standard InChI is InChI=1S/C21H25N5O2/c1-13-10-19(25-28-13)20-15(21(27)24-23-20)11-18-16(12-26-8-4-5-9-26)14-6-2-3-7-17(14)22-18/h10-11,22H,2-9,12H2,1H3,(H,24,27)/b15-11+. The summed E-state index contributed by atoms with van der Waals surface area (Å²) in [5.41, 5.74) is 9.42. The van der Waals surface area contributed by atoms with Crippen molar-refractivity contribution in [2.45, 2.75) is 52.0 Å². The van der Waals surface area contributed by atoms with E-state index in [1.54, 1.807) is 6.07 Å². The number of rotatable bonds is 4. The number of aromatic amines is 1. The van der Waals surface area contributed by atoms with Gasteiger partial charge < -0.3 is 9.51 Å². The number of H-pyrrole nitrogens is 1. The Balaban J connectivity index is 1.55. The van der Waals surface area contributed by atoms with Crippen LogP contribution in [0, 0.1) is 6.92 Å². The highest BCUT2D eigenvalue weighted by atomic mass is 16.5. The zero-order valence-corrected chi connectivity index (χ0v) is 16.2. The van der Waals surface area contributed by atoms with E-state index in [-0.39, 0.29) is 5.91 Å². The Bertz CT molecular complexity index is 975. The second-order valence-electron chi connectivity index (χ2n) is 7.95. The van der Waals surface area contributed by atoms with Crippen LogP contribution in [0.1, 0.15) is 59.7 Å². The summed E-state index contributed by atoms with van der Waals surface area (Å²) in [4.78, 5) is 18.6. The van der Waals surface area contributed by atoms with Crippen molar-refractivity contribution in [2.75, 3.05) is 13.1 Å². The van der Waals surface area contributed by atoms with Crippen molar-refractivity contribution in [3.05, 3.63) is 45.6 Å². The summed E-state index contributed by atoms with van der Waals surface area (Å²) in [6, 6.07) is 1.80. The number of carbonyl (C=O) groups is 1. The van der Waals surface area contributed by atoms with E-state index >= 15 is 0 Å². The number of likely N-dealkylation sites (tertiary alicyclic amines) is 1. The van der Waals surface area contributed by atoms with E-state index in [2.05, 4.69) is 25.6 Å². The zero-order chi connectivity index (χ0) is 19.1. The zero-order valence-electron chi connectivity index (χ0n) is 16.2. The van der Waals surface area contributed by atoms with Gasteiger partial charge in [0.05, 0.1) is 5.57 Å². The molecule has 2 N–H and O–H groups in total. The van der Waals surface area contributed by atoms with Crippen molar-refractivity contribution >= 4 is 17.7 Å². The Kier molecular flexibility index (Phi) is 4.39. The summed E-state index contributed by atoms with van der Waals surface area (Å²) in [5.74, 6) is 0.497. The van der Waals surface area contributed by atoms with E-state index in [1.807, 2.05) is 13.0 Å². The van der Waals surface area contributed by atoms with E-state index in [0.29, 0.717) is 22.7 Å². The van der Waals surface area contributed by atoms with Crippen molar-refractivity contribution in [1.82, 2.24) is 20.5 Å². The molecule has 0 bridgehead atoms. The summed E-state index contributed by atoms with van der Waals surface area (Å²) in [5, 5.41) is 8.23. The number of nitrogens with one attached hydrogen (secondary N) is 2. The van der Waals surface area contributed by atoms with Gasteiger partial charge in [-0.3, -0.25) is 9.69 Å². The van der Waals surface area contributed by atoms with Crippen LogP contribution < -0.4 is 5.43 Å². The number of nitrogens with zero attached hydrogens (tertiary/aromatic N) is 3. The van der Waals surface area contributed by atoms with Gasteiger partial charge in [0, 0.05) is 24.0 Å². The average molecular weight is 379 g/mol. The summed E-state index contributed by atoms with van der Waals surface area (Å²) in [6.45, 7) is 5.09. The lowest BCUT2D eigenvalue weighted by Gasteiger charge is -2.18. The smallest absolute Gasteiger partial charge is 0.273 e. The van der Waals surface area contributed by atoms with E-state index in [0.717, 1.165) is 38.2 Å². The molecule has 0 radical (unpaired) electrons. The molecule has 1 fully saturated rings. The third kappa shape index (κ3) is 3.09. The lowest BCUT2D eigenvalue weighted by Crippen LogP contribution is -2.20. The molecule has 2 aromatic rings. The molecule has 0 aromatic carbocycles. The summed E-state index contributed by atoms with van der Waals surface area (Å²) in [6.07, 6.45) is 9.16. The number of hydrazone groups is 1. The van der Waals surface area contributed by atoms with Gasteiger partial charge in [-0.2, -0.15) is 5.10 Å². The fraction of sp³-hybridized carbons (Fsp3) is 0.476. The van der Waals surface area contributed by atoms with Crippen molar-refractivity contribution < 1.29 is 9.32 Å². The van der Waals surface area contributed by atoms with Gasteiger partial charge in [0.1, 0.15) is 17.2 Å². The van der Waals surface area contributed by atoms with Gasteiger partial charge >= 0.3 is 0 Å². The highest BCUT2D eigenvalue weighted by Gasteiger charge is 2.28. The van der Waals surface area contributed by atoms with Crippen LogP contribution in [0.5, 0.6) is 0 Å². The first-order valence-corrected chi connectivity index (χ1v) is 10.2. The maximum Gasteiger partial charge on any atom is 0.273 e. The molecule has 0 spiro atoms. The minimum Gasteiger partial charge on any atom is -0.361 e. The van der Waals surface area contributed by atoms with Crippen LogP contribution in [-0.2, 0) is 24.2 Å². The molecular formula is C21H25N5O2. The second-order valence-corrected chi connectivity index (χ2v) is 7.95. The molecule has 0 unspecified atom stereocenters. The minimum atomic E-state index is -0.199. The number of amides is 1. The van der Waals surface area contributed by atoms with Gasteiger partial charge in [0.15, 0.2) is 0 Å². The number of aryl methyl sites for hydroxylation is 2. The maximum atomic E-state index is 12.5. The molecule has 2 aliphatic heterocycles. The van der Waals surface area contributed by atoms with Crippen molar-refractivity contribution in [3.63, 3.8) is 0 Å². The summed E-state index contributed by atoms with van der Waals surface area (Å²) in [7, 11) is 0. The maximum absolute atomic E-state index is 12.5. The Labute approximate surface area is 163 Å². The molecule has 28 heavy (non-hydrogen) atoms. The molecule has 0 atom stereocenters. The fourth-order valence-corrected chi connectivity index (χ4v) is 4.53. The van der Waals surface area contributed by atoms with Crippen LogP contribution in [-0.4, -0.2) is 39.7 Å². The monoisotopic (exact) mass is 379 g/mol. The lowest BCUT2D eigenvalue weighted by molar-refractivity contribution is -0.116. The van der Waals surface area contributed by atoms with E-state index in [4.69, 9.17) is 4.52 Å². The SMILES string of the molecule is Cc1cc(C2=NNC(=O)/C2=C/c2[nH]c3c(c2CN2CCCC2)CCCC3)no1. The van der Waals surface area contributed by atoms with Crippen LogP contribution in [0.25, 0.3) is 6.08 Å². The molecule has 7 heteroatoms. The quantitative estimate of drug-likeness (QED) is 0.800. The van der Waals surface area contributed by atoms with E-state index < -0.39 is 0 Å². The molecule has 2 aromatic heterocycles. The van der Waals surface area contributed by atoms with Crippen LogP contribution in [0.3, 0.4) is 0 Å². The van der Waals surface area contributed by atoms with Crippen molar-refractivity contribution in [2.24, 2.45) is 5.10 Å². The highest BCUT2D eigenvalue weighted by Crippen LogP contribution is 2.31. The van der Waals surface area contributed by atoms with Gasteiger partial charge in [-0.15, -0.1) is 0 Å². The Hall–Kier alpha value is -2.67. The average Bonchev–Trinajstić information content (AvgIpc) is 3.47. The molecule has 146 valence electrons. The van der Waals surface area contributed by atoms with E-state index in [1.165, 1.54) is 42.5 Å². The van der Waals surface area contributed by atoms with Crippen LogP contribution >= 0.6 is 0 Å². The normalized spacial score (nSPS) is 21.2. The third-order valence-electron chi connectivity index (χ3n) is 5.95. The lowest BCUT2D eigenvalue weighted by atomic mass is 9.93. The molecule has 4 heterocycles. The first-order chi connectivity index (χ1) is 13.7. The van der Waals surface area contributed by atoms with Gasteiger partial charge in [0.25, 0.3) is 5.91 Å². The Morgan fingerprint density at radius 3 is 2.82 bits per heavy atom. The minimum absolute atomic E-state index is 0.199. The summed E-state index contributed by atoms with van der Waals surface area (Å²) < 4.78 is 5.18. The van der Waals surface area contributed by atoms with Gasteiger partial charge in [-0.05, 0) is 75.7 Å². The first-order valence-electron chi connectivity index (χ1n) is 10.2. The predicted octanol–water partition coefficient (Wildman–Crippen LogP) is 2.70. The Morgan fingerprint density at radius 2 is 2.04 bits per heavy atom. The second kappa shape index (κ2) is 7.05. The van der Waals surface area contributed by atoms with Gasteiger partial charge in [-0.1, -0.05) is 5.16 Å². The van der Waals surface area contributed by atoms with Crippen molar-refractivity contribution in [3.8, 4) is 0 Å². The van der Waals surface area contributed by atoms with Gasteiger partial charge in [0.2, 0.25) is 0 Å². The number of aromatic nitrogens is 2. The number of hydrogen-bond acceptors (Lipinski definition) is 5. The molecular weight excluding hydrogens is 354 g/mol. The largest absolute Gasteiger partial charge is 0.361 e. The fourth-order valence-electron chi connectivity index (χ4n) is 4.53. The highest BCUT2D eigenvalue weighted by molar-refractivity contribution is 6.32. The number of fused-ring (bicyclic) bond motifs is 1.